The normalized spacial score (nSPS) is 10.5. The fourth-order valence-corrected chi connectivity index (χ4v) is 2.52. The predicted octanol–water partition coefficient (Wildman–Crippen LogP) is 3.33. The first-order valence-corrected chi connectivity index (χ1v) is 7.75. The monoisotopic (exact) mass is 320 g/mol. The van der Waals surface area contributed by atoms with E-state index in [1.165, 1.54) is 0 Å². The Kier molecular flexibility index (Phi) is 5.44. The highest BCUT2D eigenvalue weighted by atomic mass is 35.5. The zero-order chi connectivity index (χ0) is 16.1. The molecule has 1 heterocycles. The van der Waals surface area contributed by atoms with Gasteiger partial charge in [0, 0.05) is 36.9 Å². The summed E-state index contributed by atoms with van der Waals surface area (Å²) in [5.74, 6) is -0.126. The Labute approximate surface area is 135 Å². The van der Waals surface area contributed by atoms with E-state index in [0.717, 1.165) is 30.0 Å². The lowest BCUT2D eigenvalue weighted by atomic mass is 10.1. The maximum Gasteiger partial charge on any atom is 0.244 e. The van der Waals surface area contributed by atoms with Gasteiger partial charge in [0.15, 0.2) is 0 Å². The van der Waals surface area contributed by atoms with Crippen LogP contribution in [-0.2, 0) is 11.3 Å². The molecule has 0 aliphatic carbocycles. The average Bonchev–Trinajstić information content (AvgIpc) is 2.88. The number of amides is 1. The molecule has 0 bridgehead atoms. The molecule has 0 saturated heterocycles. The van der Waals surface area contributed by atoms with E-state index in [2.05, 4.69) is 35.1 Å². The predicted molar refractivity (Wildman–Crippen MR) is 90.6 cm³/mol. The van der Waals surface area contributed by atoms with Crippen molar-refractivity contribution >= 4 is 28.9 Å². The fraction of sp³-hybridized carbons (Fsp3) is 0.375. The number of nitrogens with zero attached hydrogens (tertiary/aromatic N) is 3. The molecule has 0 unspecified atom stereocenters. The fourth-order valence-electron chi connectivity index (χ4n) is 2.35. The van der Waals surface area contributed by atoms with Gasteiger partial charge in [-0.25, -0.2) is 4.98 Å². The first-order valence-electron chi connectivity index (χ1n) is 7.37. The van der Waals surface area contributed by atoms with E-state index in [0.29, 0.717) is 5.28 Å². The van der Waals surface area contributed by atoms with Crippen molar-refractivity contribution in [2.75, 3.05) is 23.3 Å². The topological polar surface area (TPSA) is 50.2 Å². The number of hydrogen-bond donors (Lipinski definition) is 1. The molecule has 1 aromatic heterocycles. The second kappa shape index (κ2) is 7.31. The van der Waals surface area contributed by atoms with E-state index in [1.54, 1.807) is 17.0 Å². The van der Waals surface area contributed by atoms with E-state index >= 15 is 0 Å². The Balaban J connectivity index is 2.07. The third-order valence-corrected chi connectivity index (χ3v) is 3.91. The van der Waals surface area contributed by atoms with Crippen LogP contribution in [0.5, 0.6) is 0 Å². The van der Waals surface area contributed by atoms with Crippen molar-refractivity contribution in [3.05, 3.63) is 41.4 Å². The molecular formula is C16H21ClN4O. The lowest BCUT2D eigenvalue weighted by Crippen LogP contribution is -2.22. The van der Waals surface area contributed by atoms with Gasteiger partial charge in [-0.05, 0) is 56.1 Å². The summed E-state index contributed by atoms with van der Waals surface area (Å²) in [7, 11) is 0. The SMILES string of the molecule is CCN(CC)c1ccc(NC(=O)Cn2ccnc2Cl)c(C)c1. The number of carbonyl (C=O) groups excluding carboxylic acids is 1. The van der Waals surface area contributed by atoms with Gasteiger partial charge in [-0.15, -0.1) is 0 Å². The molecule has 118 valence electrons. The highest BCUT2D eigenvalue weighted by Gasteiger charge is 2.09. The van der Waals surface area contributed by atoms with Gasteiger partial charge >= 0.3 is 0 Å². The Morgan fingerprint density at radius 2 is 2.09 bits per heavy atom. The van der Waals surface area contributed by atoms with Gasteiger partial charge in [0.1, 0.15) is 6.54 Å². The molecule has 0 saturated carbocycles. The number of halogens is 1. The van der Waals surface area contributed by atoms with Gasteiger partial charge in [-0.3, -0.25) is 4.79 Å². The summed E-state index contributed by atoms with van der Waals surface area (Å²) in [4.78, 5) is 18.2. The van der Waals surface area contributed by atoms with Crippen molar-refractivity contribution in [2.45, 2.75) is 27.3 Å². The molecular weight excluding hydrogens is 300 g/mol. The Bertz CT molecular complexity index is 649. The van der Waals surface area contributed by atoms with Crippen LogP contribution in [0.25, 0.3) is 0 Å². The zero-order valence-electron chi connectivity index (χ0n) is 13.1. The van der Waals surface area contributed by atoms with Gasteiger partial charge in [0.2, 0.25) is 11.2 Å². The highest BCUT2D eigenvalue weighted by molar-refractivity contribution is 6.28. The van der Waals surface area contributed by atoms with Crippen LogP contribution < -0.4 is 10.2 Å². The summed E-state index contributed by atoms with van der Waals surface area (Å²) in [6, 6.07) is 6.06. The first kappa shape index (κ1) is 16.4. The Morgan fingerprint density at radius 1 is 1.36 bits per heavy atom. The van der Waals surface area contributed by atoms with Crippen LogP contribution in [0.4, 0.5) is 11.4 Å². The number of hydrogen-bond acceptors (Lipinski definition) is 3. The largest absolute Gasteiger partial charge is 0.372 e. The molecule has 0 fully saturated rings. The van der Waals surface area contributed by atoms with Crippen LogP contribution in [0.1, 0.15) is 19.4 Å². The second-order valence-electron chi connectivity index (χ2n) is 5.04. The number of anilines is 2. The standard InChI is InChI=1S/C16H21ClN4O/c1-4-20(5-2)13-6-7-14(12(3)10-13)19-15(22)11-21-9-8-18-16(21)17/h6-10H,4-5,11H2,1-3H3,(H,19,22). The average molecular weight is 321 g/mol. The number of benzene rings is 1. The number of rotatable bonds is 6. The van der Waals surface area contributed by atoms with Gasteiger partial charge in [0.25, 0.3) is 0 Å². The number of carbonyl (C=O) groups is 1. The summed E-state index contributed by atoms with van der Waals surface area (Å²) < 4.78 is 1.59. The van der Waals surface area contributed by atoms with E-state index in [-0.39, 0.29) is 12.5 Å². The van der Waals surface area contributed by atoms with Crippen molar-refractivity contribution in [1.82, 2.24) is 9.55 Å². The molecule has 1 aromatic carbocycles. The lowest BCUT2D eigenvalue weighted by Gasteiger charge is -2.22. The lowest BCUT2D eigenvalue weighted by molar-refractivity contribution is -0.116. The summed E-state index contributed by atoms with van der Waals surface area (Å²) in [6.45, 7) is 8.32. The van der Waals surface area contributed by atoms with E-state index < -0.39 is 0 Å². The molecule has 6 heteroatoms. The number of aromatic nitrogens is 2. The molecule has 0 atom stereocenters. The second-order valence-corrected chi connectivity index (χ2v) is 5.38. The highest BCUT2D eigenvalue weighted by Crippen LogP contribution is 2.22. The smallest absolute Gasteiger partial charge is 0.244 e. The van der Waals surface area contributed by atoms with Gasteiger partial charge in [0.05, 0.1) is 0 Å². The molecule has 0 spiro atoms. The molecule has 22 heavy (non-hydrogen) atoms. The van der Waals surface area contributed by atoms with Crippen LogP contribution in [0, 0.1) is 6.92 Å². The third kappa shape index (κ3) is 3.80. The van der Waals surface area contributed by atoms with Crippen molar-refractivity contribution in [3.8, 4) is 0 Å². The minimum absolute atomic E-state index is 0.126. The van der Waals surface area contributed by atoms with E-state index in [9.17, 15) is 4.79 Å². The summed E-state index contributed by atoms with van der Waals surface area (Å²) in [5.41, 5.74) is 3.02. The Morgan fingerprint density at radius 3 is 2.64 bits per heavy atom. The van der Waals surface area contributed by atoms with E-state index in [1.807, 2.05) is 19.1 Å². The summed E-state index contributed by atoms with van der Waals surface area (Å²) in [6.07, 6.45) is 3.25. The molecule has 0 aliphatic heterocycles. The molecule has 2 rings (SSSR count). The van der Waals surface area contributed by atoms with Crippen LogP contribution in [-0.4, -0.2) is 28.5 Å². The first-order chi connectivity index (χ1) is 10.5. The quantitative estimate of drug-likeness (QED) is 0.888. The van der Waals surface area contributed by atoms with Crippen LogP contribution in [0.3, 0.4) is 0 Å². The maximum absolute atomic E-state index is 12.1. The van der Waals surface area contributed by atoms with Gasteiger partial charge < -0.3 is 14.8 Å². The number of nitrogens with one attached hydrogen (secondary N) is 1. The zero-order valence-corrected chi connectivity index (χ0v) is 13.9. The van der Waals surface area contributed by atoms with Crippen LogP contribution >= 0.6 is 11.6 Å². The van der Waals surface area contributed by atoms with Gasteiger partial charge in [-0.2, -0.15) is 0 Å². The van der Waals surface area contributed by atoms with Gasteiger partial charge in [-0.1, -0.05) is 0 Å². The third-order valence-electron chi connectivity index (χ3n) is 3.59. The van der Waals surface area contributed by atoms with Crippen molar-refractivity contribution < 1.29 is 4.79 Å². The minimum atomic E-state index is -0.126. The molecule has 2 aromatic rings. The van der Waals surface area contributed by atoms with Crippen molar-refractivity contribution in [2.24, 2.45) is 0 Å². The number of aryl methyl sites for hydroxylation is 1. The van der Waals surface area contributed by atoms with Crippen molar-refractivity contribution in [3.63, 3.8) is 0 Å². The van der Waals surface area contributed by atoms with E-state index in [4.69, 9.17) is 11.6 Å². The summed E-state index contributed by atoms with van der Waals surface area (Å²) in [5, 5.41) is 3.22. The number of imidazole rings is 1. The summed E-state index contributed by atoms with van der Waals surface area (Å²) >= 11 is 5.87. The maximum atomic E-state index is 12.1. The molecule has 1 amide bonds. The molecule has 5 nitrogen and oxygen atoms in total. The Hall–Kier alpha value is -2.01. The molecule has 0 radical (unpaired) electrons. The van der Waals surface area contributed by atoms with Crippen molar-refractivity contribution in [1.29, 1.82) is 0 Å². The van der Waals surface area contributed by atoms with Crippen LogP contribution in [0.2, 0.25) is 5.28 Å². The molecule has 0 aliphatic rings. The molecule has 1 N–H and O–H groups in total. The van der Waals surface area contributed by atoms with Crippen LogP contribution in [0.15, 0.2) is 30.6 Å². The minimum Gasteiger partial charge on any atom is -0.372 e.